The summed E-state index contributed by atoms with van der Waals surface area (Å²) in [5, 5.41) is 0.578. The molecule has 5 rings (SSSR count). The van der Waals surface area contributed by atoms with Crippen molar-refractivity contribution in [2.45, 2.75) is 25.3 Å². The Morgan fingerprint density at radius 2 is 1.81 bits per heavy atom. The largest absolute Gasteiger partial charge is 0.379 e. The van der Waals surface area contributed by atoms with Crippen molar-refractivity contribution in [2.24, 2.45) is 0 Å². The zero-order chi connectivity index (χ0) is 25.3. The molecule has 0 aliphatic carbocycles. The van der Waals surface area contributed by atoms with Crippen LogP contribution in [0.4, 0.5) is 5.13 Å². The summed E-state index contributed by atoms with van der Waals surface area (Å²) in [5.74, 6) is -0.262. The number of benzene rings is 2. The highest BCUT2D eigenvalue weighted by Gasteiger charge is 2.27. The van der Waals surface area contributed by atoms with Crippen LogP contribution in [0.1, 0.15) is 27.0 Å². The number of anilines is 1. The number of rotatable bonds is 6. The first-order chi connectivity index (χ1) is 17.3. The molecule has 1 aliphatic rings. The van der Waals surface area contributed by atoms with Gasteiger partial charge in [0.1, 0.15) is 0 Å². The second-order valence-corrected chi connectivity index (χ2v) is 11.6. The number of fused-ring (bicyclic) bond motifs is 1. The third-order valence-corrected chi connectivity index (χ3v) is 9.20. The molecule has 2 aromatic carbocycles. The number of hydrogen-bond donors (Lipinski definition) is 0. The van der Waals surface area contributed by atoms with Crippen LogP contribution in [-0.2, 0) is 21.3 Å². The van der Waals surface area contributed by atoms with Gasteiger partial charge in [0, 0.05) is 31.0 Å². The molecule has 0 radical (unpaired) electrons. The lowest BCUT2D eigenvalue weighted by Gasteiger charge is -2.26. The third-order valence-electron chi connectivity index (χ3n) is 6.24. The highest BCUT2D eigenvalue weighted by molar-refractivity contribution is 7.89. The van der Waals surface area contributed by atoms with E-state index in [4.69, 9.17) is 9.72 Å². The second kappa shape index (κ2) is 10.1. The van der Waals surface area contributed by atoms with E-state index >= 15 is 0 Å². The standard InChI is InChI=1S/C26H26N4O4S2/c1-18-14-23-24(15-19(18)2)35-26(28-23)30(17-20-4-3-9-27-16-20)25(31)21-5-7-22(8-6-21)36(32,33)29-10-12-34-13-11-29/h3-9,14-16H,10-13,17H2,1-2H3. The molecule has 1 amide bonds. The van der Waals surface area contributed by atoms with Crippen LogP contribution in [0.3, 0.4) is 0 Å². The van der Waals surface area contributed by atoms with E-state index < -0.39 is 10.0 Å². The summed E-state index contributed by atoms with van der Waals surface area (Å²) >= 11 is 1.46. The zero-order valence-corrected chi connectivity index (χ0v) is 21.7. The van der Waals surface area contributed by atoms with Gasteiger partial charge >= 0.3 is 0 Å². The van der Waals surface area contributed by atoms with Crippen LogP contribution in [0.15, 0.2) is 65.8 Å². The van der Waals surface area contributed by atoms with E-state index in [1.165, 1.54) is 33.3 Å². The first-order valence-electron chi connectivity index (χ1n) is 11.6. The minimum atomic E-state index is -3.64. The third kappa shape index (κ3) is 4.90. The molecule has 186 valence electrons. The van der Waals surface area contributed by atoms with Crippen molar-refractivity contribution >= 4 is 42.6 Å². The quantitative estimate of drug-likeness (QED) is 0.377. The van der Waals surface area contributed by atoms with E-state index in [-0.39, 0.29) is 17.3 Å². The number of carbonyl (C=O) groups is 1. The first-order valence-corrected chi connectivity index (χ1v) is 13.8. The van der Waals surface area contributed by atoms with Crippen molar-refractivity contribution in [1.29, 1.82) is 0 Å². The Kier molecular flexibility index (Phi) is 6.85. The fourth-order valence-corrected chi connectivity index (χ4v) is 6.50. The summed E-state index contributed by atoms with van der Waals surface area (Å²) in [6.07, 6.45) is 3.41. The Balaban J connectivity index is 1.48. The smallest absolute Gasteiger partial charge is 0.260 e. The molecule has 0 N–H and O–H groups in total. The van der Waals surface area contributed by atoms with Gasteiger partial charge in [-0.25, -0.2) is 13.4 Å². The maximum absolute atomic E-state index is 13.7. The molecule has 1 fully saturated rings. The molecule has 0 saturated carbocycles. The molecule has 0 atom stereocenters. The van der Waals surface area contributed by atoms with Crippen LogP contribution in [0.25, 0.3) is 10.2 Å². The maximum atomic E-state index is 13.7. The predicted octanol–water partition coefficient (Wildman–Crippen LogP) is 4.18. The van der Waals surface area contributed by atoms with Crippen molar-refractivity contribution in [3.8, 4) is 0 Å². The Hall–Kier alpha value is -3.18. The number of pyridine rings is 1. The normalized spacial score (nSPS) is 14.7. The number of aryl methyl sites for hydroxylation is 2. The van der Waals surface area contributed by atoms with E-state index in [1.54, 1.807) is 29.4 Å². The van der Waals surface area contributed by atoms with E-state index in [0.29, 0.717) is 37.0 Å². The molecule has 1 aliphatic heterocycles. The van der Waals surface area contributed by atoms with Gasteiger partial charge < -0.3 is 4.74 Å². The number of thiazole rings is 1. The number of amides is 1. The monoisotopic (exact) mass is 522 g/mol. The van der Waals surface area contributed by atoms with Crippen molar-refractivity contribution in [3.63, 3.8) is 0 Å². The molecule has 8 nitrogen and oxygen atoms in total. The predicted molar refractivity (Wildman–Crippen MR) is 140 cm³/mol. The lowest BCUT2D eigenvalue weighted by molar-refractivity contribution is 0.0730. The summed E-state index contributed by atoms with van der Waals surface area (Å²) in [6, 6.07) is 14.0. The molecule has 0 bridgehead atoms. The van der Waals surface area contributed by atoms with Gasteiger partial charge in [-0.1, -0.05) is 17.4 Å². The van der Waals surface area contributed by atoms with Crippen molar-refractivity contribution in [1.82, 2.24) is 14.3 Å². The topological polar surface area (TPSA) is 92.7 Å². The van der Waals surface area contributed by atoms with Gasteiger partial charge in [-0.3, -0.25) is 14.7 Å². The molecular formula is C26H26N4O4S2. The molecule has 36 heavy (non-hydrogen) atoms. The van der Waals surface area contributed by atoms with Gasteiger partial charge in [-0.2, -0.15) is 4.31 Å². The van der Waals surface area contributed by atoms with Crippen LogP contribution in [0, 0.1) is 13.8 Å². The Bertz CT molecular complexity index is 1460. The van der Waals surface area contributed by atoms with Crippen molar-refractivity contribution < 1.29 is 17.9 Å². The fraction of sp³-hybridized carbons (Fsp3) is 0.269. The average Bonchev–Trinajstić information content (AvgIpc) is 3.30. The fourth-order valence-electron chi connectivity index (χ4n) is 4.05. The van der Waals surface area contributed by atoms with E-state index in [1.807, 2.05) is 25.1 Å². The van der Waals surface area contributed by atoms with Gasteiger partial charge in [-0.05, 0) is 73.0 Å². The minimum Gasteiger partial charge on any atom is -0.379 e. The average molecular weight is 523 g/mol. The van der Waals surface area contributed by atoms with E-state index in [2.05, 4.69) is 18.0 Å². The van der Waals surface area contributed by atoms with Crippen LogP contribution >= 0.6 is 11.3 Å². The number of morpholine rings is 1. The summed E-state index contributed by atoms with van der Waals surface area (Å²) < 4.78 is 33.6. The lowest BCUT2D eigenvalue weighted by Crippen LogP contribution is -2.40. The Labute approximate surface area is 214 Å². The first kappa shape index (κ1) is 24.5. The van der Waals surface area contributed by atoms with Gasteiger partial charge in [0.15, 0.2) is 5.13 Å². The molecule has 4 aromatic rings. The van der Waals surface area contributed by atoms with Crippen LogP contribution in [-0.4, -0.2) is 54.9 Å². The number of carbonyl (C=O) groups excluding carboxylic acids is 1. The number of ether oxygens (including phenoxy) is 1. The number of aromatic nitrogens is 2. The van der Waals surface area contributed by atoms with Gasteiger partial charge in [0.2, 0.25) is 10.0 Å². The highest BCUT2D eigenvalue weighted by Crippen LogP contribution is 2.32. The summed E-state index contributed by atoms with van der Waals surface area (Å²) in [7, 11) is -3.64. The van der Waals surface area contributed by atoms with Crippen molar-refractivity contribution in [2.75, 3.05) is 31.2 Å². The molecule has 1 saturated heterocycles. The highest BCUT2D eigenvalue weighted by atomic mass is 32.2. The number of hydrogen-bond acceptors (Lipinski definition) is 7. The van der Waals surface area contributed by atoms with Gasteiger partial charge in [0.25, 0.3) is 5.91 Å². The number of sulfonamides is 1. The van der Waals surface area contributed by atoms with Gasteiger partial charge in [0.05, 0.1) is 34.9 Å². The van der Waals surface area contributed by atoms with E-state index in [0.717, 1.165) is 21.3 Å². The molecule has 2 aromatic heterocycles. The summed E-state index contributed by atoms with van der Waals surface area (Å²) in [5.41, 5.74) is 4.39. The molecule has 0 unspecified atom stereocenters. The molecule has 3 heterocycles. The van der Waals surface area contributed by atoms with Crippen LogP contribution in [0.5, 0.6) is 0 Å². The zero-order valence-electron chi connectivity index (χ0n) is 20.0. The van der Waals surface area contributed by atoms with Crippen LogP contribution < -0.4 is 4.90 Å². The molecular weight excluding hydrogens is 496 g/mol. The minimum absolute atomic E-state index is 0.158. The van der Waals surface area contributed by atoms with E-state index in [9.17, 15) is 13.2 Å². The number of nitrogens with zero attached hydrogens (tertiary/aromatic N) is 4. The Morgan fingerprint density at radius 1 is 1.08 bits per heavy atom. The molecule has 10 heteroatoms. The van der Waals surface area contributed by atoms with Crippen molar-refractivity contribution in [3.05, 3.63) is 83.2 Å². The second-order valence-electron chi connectivity index (χ2n) is 8.69. The SMILES string of the molecule is Cc1cc2nc(N(Cc3cccnc3)C(=O)c3ccc(S(=O)(=O)N4CCOCC4)cc3)sc2cc1C. The summed E-state index contributed by atoms with van der Waals surface area (Å²) in [6.45, 7) is 5.77. The Morgan fingerprint density at radius 3 is 2.50 bits per heavy atom. The summed E-state index contributed by atoms with van der Waals surface area (Å²) in [4.78, 5) is 24.4. The maximum Gasteiger partial charge on any atom is 0.260 e. The molecule has 0 spiro atoms. The van der Waals surface area contributed by atoms with Gasteiger partial charge in [-0.15, -0.1) is 0 Å². The van der Waals surface area contributed by atoms with Crippen LogP contribution in [0.2, 0.25) is 0 Å². The lowest BCUT2D eigenvalue weighted by atomic mass is 10.1.